The van der Waals surface area contributed by atoms with Gasteiger partial charge < -0.3 is 0 Å². The van der Waals surface area contributed by atoms with Crippen molar-refractivity contribution in [3.8, 4) is 0 Å². The number of hydrogen-bond donors (Lipinski definition) is 0. The smallest absolute Gasteiger partial charge is 0.126 e. The lowest BCUT2D eigenvalue weighted by molar-refractivity contribution is 0.597. The molecule has 1 aromatic carbocycles. The molecule has 0 heterocycles. The summed E-state index contributed by atoms with van der Waals surface area (Å²) in [6.45, 7) is 1.85. The minimum atomic E-state index is -0.0940. The molecule has 1 aliphatic rings. The third-order valence-corrected chi connectivity index (χ3v) is 4.64. The van der Waals surface area contributed by atoms with Gasteiger partial charge >= 0.3 is 0 Å². The van der Waals surface area contributed by atoms with E-state index in [4.69, 9.17) is 0 Å². The monoisotopic (exact) mass is 284 g/mol. The molecule has 1 aliphatic carbocycles. The van der Waals surface area contributed by atoms with Crippen LogP contribution in [-0.2, 0) is 0 Å². The quantitative estimate of drug-likeness (QED) is 0.506. The first kappa shape index (κ1) is 12.1. The van der Waals surface area contributed by atoms with E-state index in [1.807, 2.05) is 19.1 Å². The zero-order chi connectivity index (χ0) is 11.5. The summed E-state index contributed by atoms with van der Waals surface area (Å²) < 4.78 is 13.2. The molecule has 2 heteroatoms. The van der Waals surface area contributed by atoms with Gasteiger partial charge in [-0.1, -0.05) is 47.3 Å². The molecular formula is C14H18BrF. The van der Waals surface area contributed by atoms with E-state index in [9.17, 15) is 4.39 Å². The summed E-state index contributed by atoms with van der Waals surface area (Å²) in [6.07, 6.45) is 6.40. The molecule has 0 amide bonds. The Morgan fingerprint density at radius 1 is 1.19 bits per heavy atom. The van der Waals surface area contributed by atoms with Crippen molar-refractivity contribution in [3.63, 3.8) is 0 Å². The van der Waals surface area contributed by atoms with E-state index in [1.54, 1.807) is 6.07 Å². The lowest BCUT2D eigenvalue weighted by atomic mass is 9.91. The van der Waals surface area contributed by atoms with Crippen LogP contribution in [0.2, 0.25) is 0 Å². The standard InChI is InChI=1S/C14H18BrF/c1-10-9-11(7-8-14(10)16)12-5-3-2-4-6-13(12)15/h7-9,12-13H,2-6H2,1H3. The SMILES string of the molecule is Cc1cc(C2CCCCCC2Br)ccc1F. The molecule has 0 radical (unpaired) electrons. The molecule has 88 valence electrons. The number of aryl methyl sites for hydroxylation is 1. The molecule has 1 fully saturated rings. The van der Waals surface area contributed by atoms with E-state index in [1.165, 1.54) is 37.7 Å². The highest BCUT2D eigenvalue weighted by Gasteiger charge is 2.23. The van der Waals surface area contributed by atoms with Crippen LogP contribution in [0, 0.1) is 12.7 Å². The van der Waals surface area contributed by atoms with Gasteiger partial charge in [-0.15, -0.1) is 0 Å². The van der Waals surface area contributed by atoms with Gasteiger partial charge in [0.2, 0.25) is 0 Å². The summed E-state index contributed by atoms with van der Waals surface area (Å²) in [4.78, 5) is 0.555. The lowest BCUT2D eigenvalue weighted by Gasteiger charge is -2.20. The largest absolute Gasteiger partial charge is 0.207 e. The maximum absolute atomic E-state index is 13.2. The average Bonchev–Trinajstić information content (AvgIpc) is 2.47. The number of benzene rings is 1. The molecule has 1 saturated carbocycles. The van der Waals surface area contributed by atoms with Crippen molar-refractivity contribution in [2.75, 3.05) is 0 Å². The van der Waals surface area contributed by atoms with Crippen molar-refractivity contribution >= 4 is 15.9 Å². The van der Waals surface area contributed by atoms with Crippen LogP contribution in [0.5, 0.6) is 0 Å². The van der Waals surface area contributed by atoms with Crippen LogP contribution in [0.15, 0.2) is 18.2 Å². The predicted octanol–water partition coefficient (Wildman–Crippen LogP) is 4.95. The molecule has 0 aromatic heterocycles. The van der Waals surface area contributed by atoms with Gasteiger partial charge in [-0.2, -0.15) is 0 Å². The van der Waals surface area contributed by atoms with Crippen LogP contribution in [-0.4, -0.2) is 4.83 Å². The van der Waals surface area contributed by atoms with Gasteiger partial charge in [-0.05, 0) is 42.9 Å². The highest BCUT2D eigenvalue weighted by atomic mass is 79.9. The zero-order valence-corrected chi connectivity index (χ0v) is 11.3. The summed E-state index contributed by atoms with van der Waals surface area (Å²) in [5, 5.41) is 0. The molecule has 1 aromatic rings. The summed E-state index contributed by atoms with van der Waals surface area (Å²) >= 11 is 3.79. The van der Waals surface area contributed by atoms with E-state index >= 15 is 0 Å². The summed E-state index contributed by atoms with van der Waals surface area (Å²) in [5.41, 5.74) is 2.06. The second-order valence-corrected chi connectivity index (χ2v) is 5.95. The van der Waals surface area contributed by atoms with E-state index in [0.29, 0.717) is 10.7 Å². The second-order valence-electron chi connectivity index (χ2n) is 4.77. The predicted molar refractivity (Wildman–Crippen MR) is 69.7 cm³/mol. The molecule has 16 heavy (non-hydrogen) atoms. The fourth-order valence-electron chi connectivity index (χ4n) is 2.54. The van der Waals surface area contributed by atoms with E-state index in [-0.39, 0.29) is 5.82 Å². The minimum absolute atomic E-state index is 0.0940. The molecule has 0 bridgehead atoms. The summed E-state index contributed by atoms with van der Waals surface area (Å²) in [7, 11) is 0. The lowest BCUT2D eigenvalue weighted by Crippen LogP contribution is -2.11. The van der Waals surface area contributed by atoms with Gasteiger partial charge in [0, 0.05) is 4.83 Å². The highest BCUT2D eigenvalue weighted by molar-refractivity contribution is 9.09. The van der Waals surface area contributed by atoms with Gasteiger partial charge in [0.25, 0.3) is 0 Å². The number of alkyl halides is 1. The molecule has 0 saturated heterocycles. The molecule has 2 rings (SSSR count). The molecule has 2 atom stereocenters. The van der Waals surface area contributed by atoms with Crippen LogP contribution in [0.1, 0.15) is 49.1 Å². The molecular weight excluding hydrogens is 267 g/mol. The second kappa shape index (κ2) is 5.31. The van der Waals surface area contributed by atoms with Gasteiger partial charge in [-0.25, -0.2) is 4.39 Å². The van der Waals surface area contributed by atoms with Crippen LogP contribution >= 0.6 is 15.9 Å². The van der Waals surface area contributed by atoms with Gasteiger partial charge in [0.15, 0.2) is 0 Å². The maximum Gasteiger partial charge on any atom is 0.126 e. The molecule has 2 unspecified atom stereocenters. The fraction of sp³-hybridized carbons (Fsp3) is 0.571. The Bertz CT molecular complexity index is 362. The minimum Gasteiger partial charge on any atom is -0.207 e. The molecule has 0 nitrogen and oxygen atoms in total. The average molecular weight is 285 g/mol. The van der Waals surface area contributed by atoms with E-state index in [0.717, 1.165) is 5.56 Å². The first-order valence-electron chi connectivity index (χ1n) is 6.08. The van der Waals surface area contributed by atoms with E-state index in [2.05, 4.69) is 15.9 Å². The van der Waals surface area contributed by atoms with Crippen molar-refractivity contribution in [1.82, 2.24) is 0 Å². The Morgan fingerprint density at radius 3 is 2.69 bits per heavy atom. The summed E-state index contributed by atoms with van der Waals surface area (Å²) in [6, 6.07) is 5.57. The fourth-order valence-corrected chi connectivity index (χ4v) is 3.43. The first-order valence-corrected chi connectivity index (χ1v) is 7.00. The molecule has 0 spiro atoms. The number of halogens is 2. The maximum atomic E-state index is 13.2. The molecule has 0 N–H and O–H groups in total. The van der Waals surface area contributed by atoms with Gasteiger partial charge in [0.1, 0.15) is 5.82 Å². The third-order valence-electron chi connectivity index (χ3n) is 3.54. The Kier molecular flexibility index (Phi) is 4.01. The van der Waals surface area contributed by atoms with Crippen molar-refractivity contribution in [2.24, 2.45) is 0 Å². The Morgan fingerprint density at radius 2 is 1.94 bits per heavy atom. The highest BCUT2D eigenvalue weighted by Crippen LogP contribution is 2.36. The van der Waals surface area contributed by atoms with Crippen LogP contribution in [0.4, 0.5) is 4.39 Å². The Balaban J connectivity index is 2.23. The topological polar surface area (TPSA) is 0 Å². The van der Waals surface area contributed by atoms with E-state index < -0.39 is 0 Å². The zero-order valence-electron chi connectivity index (χ0n) is 9.68. The Hall–Kier alpha value is -0.370. The van der Waals surface area contributed by atoms with Crippen molar-refractivity contribution < 1.29 is 4.39 Å². The van der Waals surface area contributed by atoms with Crippen molar-refractivity contribution in [1.29, 1.82) is 0 Å². The first-order chi connectivity index (χ1) is 7.68. The van der Waals surface area contributed by atoms with Crippen LogP contribution in [0.25, 0.3) is 0 Å². The number of rotatable bonds is 1. The Labute approximate surface area is 105 Å². The normalized spacial score (nSPS) is 26.4. The van der Waals surface area contributed by atoms with Gasteiger partial charge in [-0.3, -0.25) is 0 Å². The third kappa shape index (κ3) is 2.65. The van der Waals surface area contributed by atoms with Crippen molar-refractivity contribution in [3.05, 3.63) is 35.1 Å². The van der Waals surface area contributed by atoms with Gasteiger partial charge in [0.05, 0.1) is 0 Å². The number of hydrogen-bond acceptors (Lipinski definition) is 0. The van der Waals surface area contributed by atoms with Crippen LogP contribution in [0.3, 0.4) is 0 Å². The molecule has 0 aliphatic heterocycles. The van der Waals surface area contributed by atoms with Crippen LogP contribution < -0.4 is 0 Å². The summed E-state index contributed by atoms with van der Waals surface area (Å²) in [5.74, 6) is 0.463. The van der Waals surface area contributed by atoms with Crippen molar-refractivity contribution in [2.45, 2.75) is 49.8 Å².